The molecule has 35 heavy (non-hydrogen) atoms. The summed E-state index contributed by atoms with van der Waals surface area (Å²) < 4.78 is 0. The van der Waals surface area contributed by atoms with Gasteiger partial charge in [-0.2, -0.15) is 0 Å². The zero-order valence-electron chi connectivity index (χ0n) is 21.3. The van der Waals surface area contributed by atoms with E-state index in [1.807, 2.05) is 24.3 Å². The Kier molecular flexibility index (Phi) is 9.21. The Morgan fingerprint density at radius 1 is 1.29 bits per heavy atom. The van der Waals surface area contributed by atoms with Crippen molar-refractivity contribution in [2.45, 2.75) is 57.5 Å². The molecule has 8 heteroatoms. The summed E-state index contributed by atoms with van der Waals surface area (Å²) in [6.07, 6.45) is 4.49. The fourth-order valence-corrected chi connectivity index (χ4v) is 4.66. The van der Waals surface area contributed by atoms with E-state index in [4.69, 9.17) is 10.9 Å². The van der Waals surface area contributed by atoms with Gasteiger partial charge in [0.2, 0.25) is 0 Å². The molecule has 1 aliphatic heterocycles. The largest absolute Gasteiger partial charge is 0.398 e. The molecule has 0 unspecified atom stereocenters. The van der Waals surface area contributed by atoms with Crippen molar-refractivity contribution >= 4 is 41.1 Å². The molecule has 1 saturated heterocycles. The van der Waals surface area contributed by atoms with Crippen molar-refractivity contribution in [1.29, 1.82) is 0 Å². The third-order valence-corrected chi connectivity index (χ3v) is 7.11. The Balaban J connectivity index is 1.89. The fourth-order valence-electron chi connectivity index (χ4n) is 4.31. The van der Waals surface area contributed by atoms with Gasteiger partial charge in [0.25, 0.3) is 5.91 Å². The van der Waals surface area contributed by atoms with Crippen molar-refractivity contribution in [3.8, 4) is 0 Å². The molecule has 2 aromatic carbocycles. The number of aliphatic imine (C=N–C) groups is 1. The summed E-state index contributed by atoms with van der Waals surface area (Å²) in [6, 6.07) is 11.1. The van der Waals surface area contributed by atoms with E-state index in [1.165, 1.54) is 0 Å². The molecule has 190 valence electrons. The molecule has 0 saturated carbocycles. The summed E-state index contributed by atoms with van der Waals surface area (Å²) in [5.41, 5.74) is 9.18. The predicted molar refractivity (Wildman–Crippen MR) is 148 cm³/mol. The first-order valence-corrected chi connectivity index (χ1v) is 13.1. The van der Waals surface area contributed by atoms with Gasteiger partial charge in [-0.05, 0) is 87.2 Å². The van der Waals surface area contributed by atoms with Crippen LogP contribution in [0, 0.1) is 11.8 Å². The second kappa shape index (κ2) is 11.9. The Bertz CT molecular complexity index is 1040. The normalized spacial score (nSPS) is 15.2. The lowest BCUT2D eigenvalue weighted by molar-refractivity contribution is 0.0739. The number of carbonyl (C=O) groups excluding carboxylic acids is 1. The second-order valence-electron chi connectivity index (χ2n) is 10.3. The Morgan fingerprint density at radius 2 is 2.00 bits per heavy atom. The first kappa shape index (κ1) is 27.0. The van der Waals surface area contributed by atoms with Crippen LogP contribution in [0.3, 0.4) is 0 Å². The maximum absolute atomic E-state index is 13.2. The van der Waals surface area contributed by atoms with Crippen LogP contribution in [-0.4, -0.2) is 42.5 Å². The Labute approximate surface area is 213 Å². The first-order chi connectivity index (χ1) is 16.6. The highest BCUT2D eigenvalue weighted by atomic mass is 32.2. The molecule has 0 aliphatic carbocycles. The molecular weight excluding hydrogens is 458 g/mol. The lowest BCUT2D eigenvalue weighted by Crippen LogP contribution is -2.36. The maximum atomic E-state index is 13.2. The van der Waals surface area contributed by atoms with Crippen molar-refractivity contribution in [3.05, 3.63) is 47.5 Å². The number of carbonyl (C=O) groups is 1. The molecule has 0 spiro atoms. The molecular formula is C27H39N5O2S. The lowest BCUT2D eigenvalue weighted by Gasteiger charge is -2.36. The quantitative estimate of drug-likeness (QED) is 0.221. The van der Waals surface area contributed by atoms with Gasteiger partial charge in [0.05, 0.1) is 17.0 Å². The summed E-state index contributed by atoms with van der Waals surface area (Å²) in [7, 11) is 0. The maximum Gasteiger partial charge on any atom is 0.255 e. The monoisotopic (exact) mass is 497 g/mol. The number of nitrogens with zero attached hydrogens (tertiary/aromatic N) is 2. The number of benzene rings is 2. The standard InChI is InChI=1S/C27H39N5O2S/c1-18(2)19-8-12-32(13-9-19)25-16-23(28)21(17-30-11-10-27(3,4)34)15-24(25)31-26(33)20-6-5-7-22(14-20)35-29/h5-7,14-19,34H,8-13,28-29H2,1-4H3,(H,31,33). The summed E-state index contributed by atoms with van der Waals surface area (Å²) in [6.45, 7) is 10.4. The summed E-state index contributed by atoms with van der Waals surface area (Å²) in [5.74, 6) is 1.17. The zero-order chi connectivity index (χ0) is 25.6. The minimum atomic E-state index is -0.773. The van der Waals surface area contributed by atoms with E-state index in [1.54, 1.807) is 32.2 Å². The topological polar surface area (TPSA) is 117 Å². The van der Waals surface area contributed by atoms with Crippen LogP contribution in [0.2, 0.25) is 0 Å². The van der Waals surface area contributed by atoms with Crippen LogP contribution in [-0.2, 0) is 0 Å². The number of anilines is 3. The molecule has 3 rings (SSSR count). The van der Waals surface area contributed by atoms with Crippen molar-refractivity contribution in [2.75, 3.05) is 35.6 Å². The zero-order valence-corrected chi connectivity index (χ0v) is 22.1. The highest BCUT2D eigenvalue weighted by molar-refractivity contribution is 7.97. The van der Waals surface area contributed by atoms with Crippen LogP contribution in [0.15, 0.2) is 46.3 Å². The first-order valence-electron chi connectivity index (χ1n) is 12.3. The summed E-state index contributed by atoms with van der Waals surface area (Å²) in [4.78, 5) is 20.7. The summed E-state index contributed by atoms with van der Waals surface area (Å²) >= 11 is 1.11. The van der Waals surface area contributed by atoms with E-state index in [2.05, 4.69) is 29.1 Å². The lowest BCUT2D eigenvalue weighted by atomic mass is 9.86. The van der Waals surface area contributed by atoms with Crippen molar-refractivity contribution in [1.82, 2.24) is 0 Å². The molecule has 6 N–H and O–H groups in total. The van der Waals surface area contributed by atoms with Crippen LogP contribution in [0.4, 0.5) is 17.1 Å². The van der Waals surface area contributed by atoms with E-state index in [0.29, 0.717) is 41.7 Å². The van der Waals surface area contributed by atoms with Crippen molar-refractivity contribution < 1.29 is 9.90 Å². The molecule has 1 fully saturated rings. The van der Waals surface area contributed by atoms with Gasteiger partial charge >= 0.3 is 0 Å². The van der Waals surface area contributed by atoms with Crippen LogP contribution in [0.5, 0.6) is 0 Å². The van der Waals surface area contributed by atoms with Crippen molar-refractivity contribution in [2.24, 2.45) is 22.0 Å². The van der Waals surface area contributed by atoms with E-state index < -0.39 is 5.60 Å². The number of amides is 1. The summed E-state index contributed by atoms with van der Waals surface area (Å²) in [5, 5.41) is 18.7. The van der Waals surface area contributed by atoms with E-state index in [0.717, 1.165) is 54.0 Å². The number of nitrogens with one attached hydrogen (secondary N) is 1. The molecule has 0 aromatic heterocycles. The van der Waals surface area contributed by atoms with Gasteiger partial charge in [0.15, 0.2) is 0 Å². The van der Waals surface area contributed by atoms with E-state index >= 15 is 0 Å². The van der Waals surface area contributed by atoms with Gasteiger partial charge in [-0.15, -0.1) is 0 Å². The minimum Gasteiger partial charge on any atom is -0.398 e. The number of piperidine rings is 1. The van der Waals surface area contributed by atoms with Gasteiger partial charge in [0.1, 0.15) is 0 Å². The fraction of sp³-hybridized carbons (Fsp3) is 0.481. The minimum absolute atomic E-state index is 0.200. The number of hydrogen-bond donors (Lipinski definition) is 4. The average Bonchev–Trinajstić information content (AvgIpc) is 2.82. The molecule has 0 radical (unpaired) electrons. The molecule has 2 aromatic rings. The molecule has 0 atom stereocenters. The predicted octanol–water partition coefficient (Wildman–Crippen LogP) is 4.94. The van der Waals surface area contributed by atoms with Gasteiger partial charge < -0.3 is 21.1 Å². The number of rotatable bonds is 9. The molecule has 1 heterocycles. The van der Waals surface area contributed by atoms with E-state index in [-0.39, 0.29) is 5.91 Å². The van der Waals surface area contributed by atoms with Crippen LogP contribution in [0.25, 0.3) is 0 Å². The third-order valence-electron chi connectivity index (χ3n) is 6.59. The van der Waals surface area contributed by atoms with E-state index in [9.17, 15) is 9.90 Å². The second-order valence-corrected chi connectivity index (χ2v) is 11.0. The molecule has 1 amide bonds. The highest BCUT2D eigenvalue weighted by Gasteiger charge is 2.24. The number of nitrogen functional groups attached to an aromatic ring is 1. The Morgan fingerprint density at radius 3 is 2.63 bits per heavy atom. The van der Waals surface area contributed by atoms with Gasteiger partial charge in [0, 0.05) is 47.6 Å². The van der Waals surface area contributed by atoms with Gasteiger partial charge in [-0.1, -0.05) is 19.9 Å². The van der Waals surface area contributed by atoms with Crippen LogP contribution >= 0.6 is 11.9 Å². The van der Waals surface area contributed by atoms with Crippen molar-refractivity contribution in [3.63, 3.8) is 0 Å². The van der Waals surface area contributed by atoms with Gasteiger partial charge in [-0.3, -0.25) is 14.9 Å². The molecule has 1 aliphatic rings. The smallest absolute Gasteiger partial charge is 0.255 e. The van der Waals surface area contributed by atoms with Crippen LogP contribution < -0.4 is 21.1 Å². The number of nitrogens with two attached hydrogens (primary N) is 2. The molecule has 7 nitrogen and oxygen atoms in total. The highest BCUT2D eigenvalue weighted by Crippen LogP contribution is 2.35. The number of hydrogen-bond acceptors (Lipinski definition) is 7. The van der Waals surface area contributed by atoms with Crippen LogP contribution in [0.1, 0.15) is 62.9 Å². The van der Waals surface area contributed by atoms with Gasteiger partial charge in [-0.25, -0.2) is 0 Å². The average molecular weight is 498 g/mol. The molecule has 0 bridgehead atoms. The SMILES string of the molecule is CC(C)C1CCN(c2cc(N)c(C=NCCC(C)(C)O)cc2NC(=O)c2cccc(SN)c2)CC1. The number of aliphatic hydroxyl groups is 1. The third kappa shape index (κ3) is 7.72. The Hall–Kier alpha value is -2.55.